The molecular formula is C7H8N2S. The van der Waals surface area contributed by atoms with Crippen LogP contribution in [0.15, 0.2) is 40.4 Å². The average Bonchev–Trinajstić information content (AvgIpc) is 2.36. The van der Waals surface area contributed by atoms with E-state index < -0.39 is 0 Å². The Balaban J connectivity index is 2.86. The van der Waals surface area contributed by atoms with E-state index in [2.05, 4.69) is 11.6 Å². The van der Waals surface area contributed by atoms with Gasteiger partial charge in [-0.2, -0.15) is 0 Å². The van der Waals surface area contributed by atoms with Crippen molar-refractivity contribution in [1.82, 2.24) is 0 Å². The zero-order chi connectivity index (χ0) is 7.40. The van der Waals surface area contributed by atoms with Gasteiger partial charge in [0.05, 0.1) is 10.6 Å². The van der Waals surface area contributed by atoms with Crippen molar-refractivity contribution in [3.63, 3.8) is 0 Å². The van der Waals surface area contributed by atoms with E-state index >= 15 is 0 Å². The second kappa shape index (κ2) is 3.27. The van der Waals surface area contributed by atoms with Crippen molar-refractivity contribution in [3.8, 4) is 0 Å². The van der Waals surface area contributed by atoms with Gasteiger partial charge in [0.15, 0.2) is 0 Å². The molecule has 0 bridgehead atoms. The Labute approximate surface area is 64.2 Å². The van der Waals surface area contributed by atoms with Crippen LogP contribution in [0.3, 0.4) is 0 Å². The summed E-state index contributed by atoms with van der Waals surface area (Å²) < 4.78 is 0. The Hall–Kier alpha value is -0.960. The van der Waals surface area contributed by atoms with E-state index in [1.165, 1.54) is 6.20 Å². The summed E-state index contributed by atoms with van der Waals surface area (Å²) in [4.78, 5) is 4.99. The molecule has 52 valence electrons. The van der Waals surface area contributed by atoms with Crippen molar-refractivity contribution in [3.05, 3.63) is 35.4 Å². The molecule has 0 aromatic heterocycles. The van der Waals surface area contributed by atoms with Gasteiger partial charge in [-0.15, -0.1) is 0 Å². The maximum absolute atomic E-state index is 5.32. The van der Waals surface area contributed by atoms with Crippen molar-refractivity contribution < 1.29 is 0 Å². The van der Waals surface area contributed by atoms with Crippen LogP contribution in [-0.4, -0.2) is 5.71 Å². The highest BCUT2D eigenvalue weighted by Crippen LogP contribution is 2.25. The second-order valence-corrected chi connectivity index (χ2v) is 2.60. The highest BCUT2D eigenvalue weighted by molar-refractivity contribution is 8.07. The van der Waals surface area contributed by atoms with Crippen LogP contribution in [0.2, 0.25) is 0 Å². The van der Waals surface area contributed by atoms with Gasteiger partial charge < -0.3 is 5.73 Å². The molecule has 0 aromatic rings. The Morgan fingerprint density at radius 1 is 1.70 bits per heavy atom. The van der Waals surface area contributed by atoms with E-state index in [9.17, 15) is 0 Å². The maximum atomic E-state index is 5.32. The number of allylic oxidation sites excluding steroid dienone is 2. The maximum Gasteiger partial charge on any atom is 0.0788 e. The van der Waals surface area contributed by atoms with Gasteiger partial charge in [0.25, 0.3) is 0 Å². The molecule has 0 saturated heterocycles. The first kappa shape index (κ1) is 7.15. The first-order valence-electron chi connectivity index (χ1n) is 2.82. The first-order valence-corrected chi connectivity index (χ1v) is 3.70. The van der Waals surface area contributed by atoms with Gasteiger partial charge in [-0.1, -0.05) is 18.3 Å². The standard InChI is InChI=1S/C7H8N2S/c1-2-9-6-3-4-10-7(6)5-8/h2-5H,1,8H2/b7-5+,9-6-. The Bertz CT molecular complexity index is 226. The minimum absolute atomic E-state index is 0.891. The van der Waals surface area contributed by atoms with Crippen molar-refractivity contribution in [2.24, 2.45) is 10.7 Å². The number of nitrogens with zero attached hydrogens (tertiary/aromatic N) is 1. The molecule has 0 saturated carbocycles. The zero-order valence-corrected chi connectivity index (χ0v) is 6.27. The van der Waals surface area contributed by atoms with E-state index in [0.717, 1.165) is 10.6 Å². The fourth-order valence-corrected chi connectivity index (χ4v) is 1.31. The molecule has 0 spiro atoms. The molecule has 0 unspecified atom stereocenters. The van der Waals surface area contributed by atoms with Gasteiger partial charge in [0.1, 0.15) is 0 Å². The Kier molecular flexibility index (Phi) is 2.34. The van der Waals surface area contributed by atoms with Crippen LogP contribution < -0.4 is 5.73 Å². The fourth-order valence-electron chi connectivity index (χ4n) is 0.644. The molecule has 1 rings (SSSR count). The van der Waals surface area contributed by atoms with Crippen LogP contribution in [0, 0.1) is 0 Å². The molecular weight excluding hydrogens is 144 g/mol. The Morgan fingerprint density at radius 3 is 3.10 bits per heavy atom. The zero-order valence-electron chi connectivity index (χ0n) is 5.45. The quantitative estimate of drug-likeness (QED) is 0.620. The lowest BCUT2D eigenvalue weighted by atomic mass is 10.3. The van der Waals surface area contributed by atoms with Crippen LogP contribution in [0.25, 0.3) is 0 Å². The lowest BCUT2D eigenvalue weighted by Crippen LogP contribution is -1.92. The van der Waals surface area contributed by atoms with E-state index in [-0.39, 0.29) is 0 Å². The van der Waals surface area contributed by atoms with E-state index in [0.29, 0.717) is 0 Å². The van der Waals surface area contributed by atoms with Crippen LogP contribution in [-0.2, 0) is 0 Å². The summed E-state index contributed by atoms with van der Waals surface area (Å²) >= 11 is 1.57. The number of hydrogen-bond acceptors (Lipinski definition) is 3. The summed E-state index contributed by atoms with van der Waals surface area (Å²) in [6.45, 7) is 3.49. The lowest BCUT2D eigenvalue weighted by molar-refractivity contribution is 1.56. The normalized spacial score (nSPS) is 24.4. The largest absolute Gasteiger partial charge is 0.404 e. The second-order valence-electron chi connectivity index (χ2n) is 1.65. The van der Waals surface area contributed by atoms with Gasteiger partial charge in [-0.3, -0.25) is 4.99 Å². The molecule has 0 radical (unpaired) electrons. The van der Waals surface area contributed by atoms with Crippen molar-refractivity contribution >= 4 is 17.5 Å². The van der Waals surface area contributed by atoms with Crippen LogP contribution in [0.1, 0.15) is 0 Å². The smallest absolute Gasteiger partial charge is 0.0788 e. The average molecular weight is 152 g/mol. The van der Waals surface area contributed by atoms with Crippen LogP contribution in [0.5, 0.6) is 0 Å². The molecule has 0 amide bonds. The van der Waals surface area contributed by atoms with Crippen molar-refractivity contribution in [1.29, 1.82) is 0 Å². The molecule has 0 fully saturated rings. The predicted molar refractivity (Wildman–Crippen MR) is 46.6 cm³/mol. The minimum atomic E-state index is 0.891. The molecule has 1 aliphatic rings. The van der Waals surface area contributed by atoms with Gasteiger partial charge in [0, 0.05) is 12.4 Å². The SMILES string of the molecule is C=C/N=C1/C=CS/C1=C/N. The van der Waals surface area contributed by atoms with E-state index in [1.54, 1.807) is 18.0 Å². The summed E-state index contributed by atoms with van der Waals surface area (Å²) in [6.07, 6.45) is 4.97. The van der Waals surface area contributed by atoms with Gasteiger partial charge in [-0.05, 0) is 11.5 Å². The summed E-state index contributed by atoms with van der Waals surface area (Å²) in [5, 5.41) is 1.95. The third-order valence-corrected chi connectivity index (χ3v) is 1.93. The fraction of sp³-hybridized carbons (Fsp3) is 0. The van der Waals surface area contributed by atoms with Crippen molar-refractivity contribution in [2.75, 3.05) is 0 Å². The van der Waals surface area contributed by atoms with Crippen molar-refractivity contribution in [2.45, 2.75) is 0 Å². The Morgan fingerprint density at radius 2 is 2.50 bits per heavy atom. The van der Waals surface area contributed by atoms with Crippen LogP contribution >= 0.6 is 11.8 Å². The highest BCUT2D eigenvalue weighted by Gasteiger charge is 2.07. The molecule has 1 aliphatic heterocycles. The summed E-state index contributed by atoms with van der Waals surface area (Å²) in [7, 11) is 0. The molecule has 0 aromatic carbocycles. The third kappa shape index (κ3) is 1.30. The number of hydrogen-bond donors (Lipinski definition) is 1. The topological polar surface area (TPSA) is 38.4 Å². The third-order valence-electron chi connectivity index (χ3n) is 1.06. The first-order chi connectivity index (χ1) is 4.88. The molecule has 2 nitrogen and oxygen atoms in total. The molecule has 1 heterocycles. The molecule has 3 heteroatoms. The molecule has 0 atom stereocenters. The molecule has 2 N–H and O–H groups in total. The minimum Gasteiger partial charge on any atom is -0.404 e. The van der Waals surface area contributed by atoms with Gasteiger partial charge >= 0.3 is 0 Å². The van der Waals surface area contributed by atoms with E-state index in [4.69, 9.17) is 5.73 Å². The van der Waals surface area contributed by atoms with E-state index in [1.807, 2.05) is 11.5 Å². The number of thioether (sulfide) groups is 1. The number of aliphatic imine (C=N–C) groups is 1. The summed E-state index contributed by atoms with van der Waals surface area (Å²) in [6, 6.07) is 0. The number of rotatable bonds is 1. The summed E-state index contributed by atoms with van der Waals surface area (Å²) in [5.74, 6) is 0. The monoisotopic (exact) mass is 152 g/mol. The molecule has 10 heavy (non-hydrogen) atoms. The predicted octanol–water partition coefficient (Wildman–Crippen LogP) is 1.63. The highest BCUT2D eigenvalue weighted by atomic mass is 32.2. The number of nitrogens with two attached hydrogens (primary N) is 1. The van der Waals surface area contributed by atoms with Crippen LogP contribution in [0.4, 0.5) is 0 Å². The molecule has 0 aliphatic carbocycles. The van der Waals surface area contributed by atoms with Gasteiger partial charge in [0.2, 0.25) is 0 Å². The van der Waals surface area contributed by atoms with Gasteiger partial charge in [-0.25, -0.2) is 0 Å². The lowest BCUT2D eigenvalue weighted by Gasteiger charge is -1.92. The summed E-state index contributed by atoms with van der Waals surface area (Å²) in [5.41, 5.74) is 6.21.